The molecule has 0 aliphatic carbocycles. The number of piperazine rings is 2. The van der Waals surface area contributed by atoms with Crippen molar-refractivity contribution in [2.75, 3.05) is 89.5 Å². The molecule has 2 aliphatic rings. The number of ether oxygens (including phenoxy) is 2. The van der Waals surface area contributed by atoms with Crippen LogP contribution in [-0.4, -0.2) is 106 Å². The van der Waals surface area contributed by atoms with Gasteiger partial charge in [0.25, 0.3) is 5.91 Å². The summed E-state index contributed by atoms with van der Waals surface area (Å²) in [5, 5.41) is 10.9. The molecule has 0 atom stereocenters. The summed E-state index contributed by atoms with van der Waals surface area (Å²) >= 11 is 0. The van der Waals surface area contributed by atoms with Crippen LogP contribution < -0.4 is 14.5 Å². The van der Waals surface area contributed by atoms with Crippen molar-refractivity contribution in [2.45, 2.75) is 0 Å². The van der Waals surface area contributed by atoms with Gasteiger partial charge in [0.05, 0.1) is 13.7 Å². The van der Waals surface area contributed by atoms with Crippen LogP contribution in [0.5, 0.6) is 5.75 Å². The van der Waals surface area contributed by atoms with Crippen LogP contribution in [0.15, 0.2) is 48.5 Å². The highest BCUT2D eigenvalue weighted by atomic mass is 16.5. The van der Waals surface area contributed by atoms with E-state index in [2.05, 4.69) is 37.0 Å². The highest BCUT2D eigenvalue weighted by Gasteiger charge is 2.27. The molecule has 1 amide bonds. The molecule has 0 unspecified atom stereocenters. The molecule has 3 aromatic rings. The van der Waals surface area contributed by atoms with Gasteiger partial charge in [0, 0.05) is 88.5 Å². The fourth-order valence-corrected chi connectivity index (χ4v) is 5.01. The van der Waals surface area contributed by atoms with Crippen molar-refractivity contribution in [2.24, 2.45) is 0 Å². The first-order valence-electron chi connectivity index (χ1n) is 12.6. The summed E-state index contributed by atoms with van der Waals surface area (Å²) in [5.41, 5.74) is 1.60. The lowest BCUT2D eigenvalue weighted by molar-refractivity contribution is 0.0590. The lowest BCUT2D eigenvalue weighted by atomic mass is 10.1. The molecular formula is C27H34N6O3. The van der Waals surface area contributed by atoms with Crippen LogP contribution in [0.25, 0.3) is 10.8 Å². The predicted molar refractivity (Wildman–Crippen MR) is 141 cm³/mol. The molecule has 0 saturated carbocycles. The summed E-state index contributed by atoms with van der Waals surface area (Å²) in [6.07, 6.45) is 0. The van der Waals surface area contributed by atoms with E-state index in [0.717, 1.165) is 73.8 Å². The van der Waals surface area contributed by atoms with Crippen LogP contribution in [0.2, 0.25) is 0 Å². The Kier molecular flexibility index (Phi) is 7.48. The molecule has 2 fully saturated rings. The minimum atomic E-state index is -0.0421. The monoisotopic (exact) mass is 490 g/mol. The van der Waals surface area contributed by atoms with Crippen molar-refractivity contribution in [3.63, 3.8) is 0 Å². The molecule has 2 saturated heterocycles. The van der Waals surface area contributed by atoms with Gasteiger partial charge in [0.15, 0.2) is 11.5 Å². The van der Waals surface area contributed by atoms with E-state index in [1.54, 1.807) is 14.2 Å². The minimum Gasteiger partial charge on any atom is -0.497 e. The molecule has 0 radical (unpaired) electrons. The van der Waals surface area contributed by atoms with Crippen LogP contribution in [0.1, 0.15) is 10.5 Å². The summed E-state index contributed by atoms with van der Waals surface area (Å²) < 4.78 is 10.6. The van der Waals surface area contributed by atoms with Crippen molar-refractivity contribution in [1.82, 2.24) is 20.0 Å². The van der Waals surface area contributed by atoms with E-state index >= 15 is 0 Å². The Morgan fingerprint density at radius 3 is 2.28 bits per heavy atom. The van der Waals surface area contributed by atoms with Crippen molar-refractivity contribution in [3.8, 4) is 5.75 Å². The second kappa shape index (κ2) is 11.1. The van der Waals surface area contributed by atoms with Crippen LogP contribution in [0.4, 0.5) is 11.5 Å². The molecule has 0 N–H and O–H groups in total. The summed E-state index contributed by atoms with van der Waals surface area (Å²) in [5.74, 6) is 1.67. The fraction of sp³-hybridized carbons (Fsp3) is 0.444. The van der Waals surface area contributed by atoms with Crippen molar-refractivity contribution in [1.29, 1.82) is 0 Å². The highest BCUT2D eigenvalue weighted by molar-refractivity contribution is 6.07. The average molecular weight is 491 g/mol. The SMILES string of the molecule is COCCN1CCN(C(=O)c2nnc(N3CCN(c4cccc(OC)c4)CC3)c3ccccc23)CC1. The zero-order chi connectivity index (χ0) is 24.9. The van der Waals surface area contributed by atoms with Gasteiger partial charge in [0.2, 0.25) is 0 Å². The third kappa shape index (κ3) is 5.08. The maximum absolute atomic E-state index is 13.4. The average Bonchev–Trinajstić information content (AvgIpc) is 2.95. The van der Waals surface area contributed by atoms with Crippen molar-refractivity contribution in [3.05, 3.63) is 54.2 Å². The first-order chi connectivity index (χ1) is 17.7. The summed E-state index contributed by atoms with van der Waals surface area (Å²) in [6, 6.07) is 16.2. The number of amides is 1. The second-order valence-electron chi connectivity index (χ2n) is 9.22. The van der Waals surface area contributed by atoms with Gasteiger partial charge in [-0.1, -0.05) is 30.3 Å². The van der Waals surface area contributed by atoms with Gasteiger partial charge in [-0.3, -0.25) is 9.69 Å². The topological polar surface area (TPSA) is 74.3 Å². The van der Waals surface area contributed by atoms with E-state index < -0.39 is 0 Å². The molecular weight excluding hydrogens is 456 g/mol. The first kappa shape index (κ1) is 24.3. The molecule has 0 bridgehead atoms. The summed E-state index contributed by atoms with van der Waals surface area (Å²) in [7, 11) is 3.41. The van der Waals surface area contributed by atoms with Gasteiger partial charge in [-0.25, -0.2) is 0 Å². The van der Waals surface area contributed by atoms with Crippen LogP contribution in [0.3, 0.4) is 0 Å². The molecule has 36 heavy (non-hydrogen) atoms. The third-order valence-corrected chi connectivity index (χ3v) is 7.14. The van der Waals surface area contributed by atoms with Gasteiger partial charge >= 0.3 is 0 Å². The number of anilines is 2. The Balaban J connectivity index is 1.30. The fourth-order valence-electron chi connectivity index (χ4n) is 5.01. The maximum Gasteiger partial charge on any atom is 0.275 e. The summed E-state index contributed by atoms with van der Waals surface area (Å²) in [4.78, 5) is 22.3. The Bertz CT molecular complexity index is 1190. The van der Waals surface area contributed by atoms with Gasteiger partial charge in [-0.05, 0) is 12.1 Å². The number of rotatable bonds is 7. The standard InChI is InChI=1S/C27H34N6O3/c1-35-19-18-30-10-12-33(13-11-30)27(34)25-23-8-3-4-9-24(23)26(29-28-25)32-16-14-31(15-17-32)21-6-5-7-22(20-21)36-2/h3-9,20H,10-19H2,1-2H3. The minimum absolute atomic E-state index is 0.0421. The number of methoxy groups -OCH3 is 2. The second-order valence-corrected chi connectivity index (χ2v) is 9.22. The molecule has 2 aliphatic heterocycles. The number of carbonyl (C=O) groups excluding carboxylic acids is 1. The number of fused-ring (bicyclic) bond motifs is 1. The van der Waals surface area contributed by atoms with Gasteiger partial charge < -0.3 is 24.2 Å². The zero-order valence-electron chi connectivity index (χ0n) is 21.1. The van der Waals surface area contributed by atoms with E-state index in [0.29, 0.717) is 25.4 Å². The Labute approximate surface area is 212 Å². The van der Waals surface area contributed by atoms with E-state index in [1.807, 2.05) is 41.3 Å². The molecule has 3 heterocycles. The quantitative estimate of drug-likeness (QED) is 0.500. The molecule has 5 rings (SSSR count). The van der Waals surface area contributed by atoms with Crippen LogP contribution >= 0.6 is 0 Å². The number of aromatic nitrogens is 2. The van der Waals surface area contributed by atoms with Crippen LogP contribution in [0, 0.1) is 0 Å². The number of nitrogens with zero attached hydrogens (tertiary/aromatic N) is 6. The number of hydrogen-bond donors (Lipinski definition) is 0. The molecule has 9 nitrogen and oxygen atoms in total. The molecule has 190 valence electrons. The van der Waals surface area contributed by atoms with Gasteiger partial charge in [0.1, 0.15) is 5.75 Å². The lowest BCUT2D eigenvalue weighted by Crippen LogP contribution is -2.49. The molecule has 1 aromatic heterocycles. The summed E-state index contributed by atoms with van der Waals surface area (Å²) in [6.45, 7) is 8.05. The third-order valence-electron chi connectivity index (χ3n) is 7.14. The predicted octanol–water partition coefficient (Wildman–Crippen LogP) is 2.37. The first-order valence-corrected chi connectivity index (χ1v) is 12.6. The van der Waals surface area contributed by atoms with Crippen LogP contribution in [-0.2, 0) is 4.74 Å². The van der Waals surface area contributed by atoms with Crippen molar-refractivity contribution >= 4 is 28.2 Å². The van der Waals surface area contributed by atoms with E-state index in [-0.39, 0.29) is 5.91 Å². The maximum atomic E-state index is 13.4. The van der Waals surface area contributed by atoms with Gasteiger partial charge in [-0.15, -0.1) is 10.2 Å². The largest absolute Gasteiger partial charge is 0.497 e. The zero-order valence-corrected chi connectivity index (χ0v) is 21.1. The lowest BCUT2D eigenvalue weighted by Gasteiger charge is -2.37. The number of benzene rings is 2. The number of carbonyl (C=O) groups is 1. The highest BCUT2D eigenvalue weighted by Crippen LogP contribution is 2.29. The van der Waals surface area contributed by atoms with Gasteiger partial charge in [-0.2, -0.15) is 0 Å². The Morgan fingerprint density at radius 2 is 1.56 bits per heavy atom. The van der Waals surface area contributed by atoms with E-state index in [4.69, 9.17) is 9.47 Å². The Hall–Kier alpha value is -3.43. The van der Waals surface area contributed by atoms with E-state index in [1.165, 1.54) is 0 Å². The normalized spacial score (nSPS) is 17.0. The molecule has 0 spiro atoms. The smallest absolute Gasteiger partial charge is 0.275 e. The van der Waals surface area contributed by atoms with Crippen molar-refractivity contribution < 1.29 is 14.3 Å². The molecule has 9 heteroatoms. The number of hydrogen-bond acceptors (Lipinski definition) is 8. The van der Waals surface area contributed by atoms with E-state index in [9.17, 15) is 4.79 Å². The Morgan fingerprint density at radius 1 is 0.833 bits per heavy atom. The molecule has 2 aromatic carbocycles.